The lowest BCUT2D eigenvalue weighted by Crippen LogP contribution is -2.24. The van der Waals surface area contributed by atoms with Gasteiger partial charge in [-0.2, -0.15) is 0 Å². The smallest absolute Gasteiger partial charge is 0.264 e. The molecule has 0 spiro atoms. The highest BCUT2D eigenvalue weighted by Gasteiger charge is 2.12. The minimum Gasteiger partial charge on any atom is -0.484 e. The maximum absolute atomic E-state index is 11.9. The standard InChI is InChI=1S/C15H18N4O4S3/c1-4-9-24-15-18-17-14(25-15)16-13(20)10-23-12-7-5-11(6-8-12)19(2)26(3,21)22/h4-8H,1,9-10H2,2-3H3,(H,16,17,20). The van der Waals surface area contributed by atoms with Crippen molar-refractivity contribution in [2.45, 2.75) is 4.34 Å². The van der Waals surface area contributed by atoms with Crippen LogP contribution < -0.4 is 14.4 Å². The molecule has 140 valence electrons. The van der Waals surface area contributed by atoms with Gasteiger partial charge >= 0.3 is 0 Å². The summed E-state index contributed by atoms with van der Waals surface area (Å²) in [6.07, 6.45) is 2.88. The van der Waals surface area contributed by atoms with Crippen molar-refractivity contribution < 1.29 is 17.9 Å². The van der Waals surface area contributed by atoms with Gasteiger partial charge < -0.3 is 4.74 Å². The first-order chi connectivity index (χ1) is 12.3. The second-order valence-corrected chi connectivity index (χ2v) is 9.29. The van der Waals surface area contributed by atoms with Gasteiger partial charge in [0.15, 0.2) is 10.9 Å². The van der Waals surface area contributed by atoms with Gasteiger partial charge in [0, 0.05) is 12.8 Å². The highest BCUT2D eigenvalue weighted by atomic mass is 32.2. The molecule has 1 N–H and O–H groups in total. The number of nitrogens with zero attached hydrogens (tertiary/aromatic N) is 3. The van der Waals surface area contributed by atoms with Crippen LogP contribution in [0, 0.1) is 0 Å². The molecule has 26 heavy (non-hydrogen) atoms. The minimum absolute atomic E-state index is 0.198. The van der Waals surface area contributed by atoms with Gasteiger partial charge in [-0.25, -0.2) is 8.42 Å². The third-order valence-electron chi connectivity index (χ3n) is 3.05. The largest absolute Gasteiger partial charge is 0.484 e. The van der Waals surface area contributed by atoms with Crippen molar-refractivity contribution in [1.82, 2.24) is 10.2 Å². The number of benzene rings is 1. The molecule has 0 aliphatic heterocycles. The summed E-state index contributed by atoms with van der Waals surface area (Å²) in [5, 5.41) is 10.8. The highest BCUT2D eigenvalue weighted by Crippen LogP contribution is 2.25. The monoisotopic (exact) mass is 414 g/mol. The SMILES string of the molecule is C=CCSc1nnc(NC(=O)COc2ccc(N(C)S(C)(=O)=O)cc2)s1. The molecular formula is C15H18N4O4S3. The third kappa shape index (κ3) is 6.00. The molecule has 8 nitrogen and oxygen atoms in total. The van der Waals surface area contributed by atoms with Gasteiger partial charge in [0.1, 0.15) is 5.75 Å². The topological polar surface area (TPSA) is 101 Å². The van der Waals surface area contributed by atoms with Crippen molar-refractivity contribution in [2.24, 2.45) is 0 Å². The maximum Gasteiger partial charge on any atom is 0.264 e. The highest BCUT2D eigenvalue weighted by molar-refractivity contribution is 8.01. The van der Waals surface area contributed by atoms with Crippen LogP contribution in [-0.2, 0) is 14.8 Å². The Kier molecular flexibility index (Phi) is 7.00. The van der Waals surface area contributed by atoms with Crippen molar-refractivity contribution in [2.75, 3.05) is 35.3 Å². The molecule has 2 rings (SSSR count). The Hall–Kier alpha value is -2.11. The van der Waals surface area contributed by atoms with E-state index in [0.717, 1.165) is 20.7 Å². The molecule has 1 heterocycles. The van der Waals surface area contributed by atoms with E-state index in [2.05, 4.69) is 22.1 Å². The lowest BCUT2D eigenvalue weighted by Gasteiger charge is -2.16. The van der Waals surface area contributed by atoms with Crippen LogP contribution in [0.4, 0.5) is 10.8 Å². The summed E-state index contributed by atoms with van der Waals surface area (Å²) in [6, 6.07) is 6.39. The van der Waals surface area contributed by atoms with Crippen LogP contribution in [0.3, 0.4) is 0 Å². The van der Waals surface area contributed by atoms with Gasteiger partial charge in [-0.15, -0.1) is 16.8 Å². The molecule has 0 saturated heterocycles. The first-order valence-corrected chi connectivity index (χ1v) is 11.0. The summed E-state index contributed by atoms with van der Waals surface area (Å²) in [7, 11) is -1.86. The van der Waals surface area contributed by atoms with E-state index in [1.165, 1.54) is 30.1 Å². The Morgan fingerprint density at radius 2 is 2.08 bits per heavy atom. The van der Waals surface area contributed by atoms with Crippen molar-refractivity contribution in [3.8, 4) is 5.75 Å². The van der Waals surface area contributed by atoms with Crippen LogP contribution in [0.1, 0.15) is 0 Å². The molecule has 1 aromatic carbocycles. The fourth-order valence-electron chi connectivity index (χ4n) is 1.70. The van der Waals surface area contributed by atoms with Crippen molar-refractivity contribution in [3.05, 3.63) is 36.9 Å². The molecule has 0 aliphatic carbocycles. The van der Waals surface area contributed by atoms with Crippen LogP contribution in [0.15, 0.2) is 41.3 Å². The number of hydrogen-bond donors (Lipinski definition) is 1. The average Bonchev–Trinajstić information content (AvgIpc) is 3.04. The number of amides is 1. The number of thioether (sulfide) groups is 1. The predicted octanol–water partition coefficient (Wildman–Crippen LogP) is 2.23. The molecule has 1 amide bonds. The molecule has 0 unspecified atom stereocenters. The van der Waals surface area contributed by atoms with Gasteiger partial charge in [0.25, 0.3) is 5.91 Å². The van der Waals surface area contributed by atoms with Crippen molar-refractivity contribution in [1.29, 1.82) is 0 Å². The Bertz CT molecular complexity index is 865. The zero-order valence-electron chi connectivity index (χ0n) is 14.2. The number of sulfonamides is 1. The molecule has 11 heteroatoms. The average molecular weight is 415 g/mol. The lowest BCUT2D eigenvalue weighted by atomic mass is 10.3. The second kappa shape index (κ2) is 9.01. The number of rotatable bonds is 9. The molecule has 0 aliphatic rings. The lowest BCUT2D eigenvalue weighted by molar-refractivity contribution is -0.118. The number of hydrogen-bond acceptors (Lipinski definition) is 8. The molecule has 0 saturated carbocycles. The molecular weight excluding hydrogens is 396 g/mol. The van der Waals surface area contributed by atoms with Crippen molar-refractivity contribution >= 4 is 49.8 Å². The number of carbonyl (C=O) groups is 1. The number of nitrogens with one attached hydrogen (secondary N) is 1. The number of carbonyl (C=O) groups excluding carboxylic acids is 1. The first-order valence-electron chi connectivity index (χ1n) is 7.33. The summed E-state index contributed by atoms with van der Waals surface area (Å²) < 4.78 is 30.3. The normalized spacial score (nSPS) is 11.0. The van der Waals surface area contributed by atoms with Gasteiger partial charge in [0.05, 0.1) is 11.9 Å². The zero-order valence-corrected chi connectivity index (χ0v) is 16.7. The van der Waals surface area contributed by atoms with E-state index in [9.17, 15) is 13.2 Å². The fourth-order valence-corrected chi connectivity index (χ4v) is 3.73. The quantitative estimate of drug-likeness (QED) is 0.381. The third-order valence-corrected chi connectivity index (χ3v) is 6.22. The van der Waals surface area contributed by atoms with E-state index in [4.69, 9.17) is 4.74 Å². The Morgan fingerprint density at radius 3 is 2.69 bits per heavy atom. The zero-order chi connectivity index (χ0) is 19.2. The molecule has 0 bridgehead atoms. The predicted molar refractivity (Wildman–Crippen MR) is 105 cm³/mol. The van der Waals surface area contributed by atoms with Gasteiger partial charge in [0.2, 0.25) is 15.2 Å². The van der Waals surface area contributed by atoms with E-state index in [1.54, 1.807) is 30.3 Å². The Labute approximate surface area is 160 Å². The van der Waals surface area contributed by atoms with E-state index < -0.39 is 10.0 Å². The summed E-state index contributed by atoms with van der Waals surface area (Å²) in [5.41, 5.74) is 0.503. The van der Waals surface area contributed by atoms with Gasteiger partial charge in [-0.3, -0.25) is 14.4 Å². The van der Waals surface area contributed by atoms with E-state index in [-0.39, 0.29) is 12.5 Å². The number of anilines is 2. The minimum atomic E-state index is -3.32. The maximum atomic E-state index is 11.9. The van der Waals surface area contributed by atoms with Gasteiger partial charge in [-0.05, 0) is 24.3 Å². The first kappa shape index (κ1) is 20.2. The summed E-state index contributed by atoms with van der Waals surface area (Å²) in [4.78, 5) is 11.9. The molecule has 2 aromatic rings. The van der Waals surface area contributed by atoms with E-state index in [0.29, 0.717) is 16.6 Å². The van der Waals surface area contributed by atoms with Crippen LogP contribution in [0.5, 0.6) is 5.75 Å². The summed E-state index contributed by atoms with van der Waals surface area (Å²) in [6.45, 7) is 3.43. The molecule has 1 aromatic heterocycles. The Morgan fingerprint density at radius 1 is 1.38 bits per heavy atom. The van der Waals surface area contributed by atoms with Crippen molar-refractivity contribution in [3.63, 3.8) is 0 Å². The van der Waals surface area contributed by atoms with Crippen LogP contribution >= 0.6 is 23.1 Å². The summed E-state index contributed by atoms with van der Waals surface area (Å²) in [5.74, 6) is 0.806. The second-order valence-electron chi connectivity index (χ2n) is 5.03. The van der Waals surface area contributed by atoms with E-state index >= 15 is 0 Å². The molecule has 0 radical (unpaired) electrons. The van der Waals surface area contributed by atoms with Crippen LogP contribution in [-0.4, -0.2) is 50.2 Å². The van der Waals surface area contributed by atoms with E-state index in [1.807, 2.05) is 0 Å². The molecule has 0 atom stereocenters. The number of aromatic nitrogens is 2. The summed E-state index contributed by atoms with van der Waals surface area (Å²) >= 11 is 2.75. The molecule has 0 fully saturated rings. The van der Waals surface area contributed by atoms with Crippen LogP contribution in [0.2, 0.25) is 0 Å². The number of ether oxygens (including phenoxy) is 1. The Balaban J connectivity index is 1.85. The fraction of sp³-hybridized carbons (Fsp3) is 0.267. The van der Waals surface area contributed by atoms with Crippen LogP contribution in [0.25, 0.3) is 0 Å². The van der Waals surface area contributed by atoms with Gasteiger partial charge in [-0.1, -0.05) is 29.2 Å².